The third-order valence-corrected chi connectivity index (χ3v) is 3.95. The SMILES string of the molecule is O=C1/C(=C/c2cccc(OCCCCl)c2)Cc2ccccc21. The maximum absolute atomic E-state index is 12.4. The van der Waals surface area contributed by atoms with Crippen molar-refractivity contribution in [2.45, 2.75) is 12.8 Å². The third-order valence-electron chi connectivity index (χ3n) is 3.68. The van der Waals surface area contributed by atoms with Crippen LogP contribution in [0, 0.1) is 0 Å². The molecule has 1 aliphatic rings. The first-order valence-electron chi connectivity index (χ1n) is 7.40. The lowest BCUT2D eigenvalue weighted by atomic mass is 10.1. The number of Topliss-reactive ketones (excluding diaryl/α,β-unsaturated/α-hetero) is 1. The van der Waals surface area contributed by atoms with Gasteiger partial charge in [-0.2, -0.15) is 0 Å². The average molecular weight is 313 g/mol. The fraction of sp³-hybridized carbons (Fsp3) is 0.211. The van der Waals surface area contributed by atoms with Gasteiger partial charge in [0, 0.05) is 23.4 Å². The molecule has 0 amide bonds. The number of carbonyl (C=O) groups is 1. The van der Waals surface area contributed by atoms with Gasteiger partial charge in [-0.1, -0.05) is 36.4 Å². The minimum Gasteiger partial charge on any atom is -0.494 e. The number of alkyl halides is 1. The van der Waals surface area contributed by atoms with Gasteiger partial charge in [-0.3, -0.25) is 4.79 Å². The number of carbonyl (C=O) groups excluding carboxylic acids is 1. The number of hydrogen-bond donors (Lipinski definition) is 0. The second-order valence-electron chi connectivity index (χ2n) is 5.30. The van der Waals surface area contributed by atoms with Crippen LogP contribution in [-0.2, 0) is 6.42 Å². The Kier molecular flexibility index (Phi) is 4.59. The van der Waals surface area contributed by atoms with Gasteiger partial charge in [-0.25, -0.2) is 0 Å². The van der Waals surface area contributed by atoms with Crippen molar-refractivity contribution in [3.63, 3.8) is 0 Å². The number of ketones is 1. The lowest BCUT2D eigenvalue weighted by Crippen LogP contribution is -1.98. The number of fused-ring (bicyclic) bond motifs is 1. The van der Waals surface area contributed by atoms with Crippen LogP contribution in [0.1, 0.15) is 27.9 Å². The molecular formula is C19H17ClO2. The first-order valence-corrected chi connectivity index (χ1v) is 7.93. The minimum atomic E-state index is 0.129. The van der Waals surface area contributed by atoms with Crippen LogP contribution in [0.4, 0.5) is 0 Å². The highest BCUT2D eigenvalue weighted by molar-refractivity contribution is 6.17. The summed E-state index contributed by atoms with van der Waals surface area (Å²) in [5.41, 5.74) is 3.75. The van der Waals surface area contributed by atoms with E-state index in [1.807, 2.05) is 54.6 Å². The maximum atomic E-state index is 12.4. The summed E-state index contributed by atoms with van der Waals surface area (Å²) in [6, 6.07) is 15.6. The zero-order valence-electron chi connectivity index (χ0n) is 12.2. The Bertz CT molecular complexity index is 719. The van der Waals surface area contributed by atoms with Crippen molar-refractivity contribution in [3.8, 4) is 5.75 Å². The lowest BCUT2D eigenvalue weighted by Gasteiger charge is -2.06. The van der Waals surface area contributed by atoms with Gasteiger partial charge in [-0.05, 0) is 35.8 Å². The Hall–Kier alpha value is -2.06. The Balaban J connectivity index is 1.79. The quantitative estimate of drug-likeness (QED) is 0.461. The minimum absolute atomic E-state index is 0.129. The fourth-order valence-corrected chi connectivity index (χ4v) is 2.72. The number of benzene rings is 2. The maximum Gasteiger partial charge on any atom is 0.189 e. The highest BCUT2D eigenvalue weighted by atomic mass is 35.5. The summed E-state index contributed by atoms with van der Waals surface area (Å²) in [7, 11) is 0. The predicted molar refractivity (Wildman–Crippen MR) is 89.7 cm³/mol. The molecule has 0 N–H and O–H groups in total. The van der Waals surface area contributed by atoms with Crippen molar-refractivity contribution in [2.75, 3.05) is 12.5 Å². The Morgan fingerprint density at radius 2 is 2.00 bits per heavy atom. The van der Waals surface area contributed by atoms with Crippen LogP contribution in [0.3, 0.4) is 0 Å². The summed E-state index contributed by atoms with van der Waals surface area (Å²) < 4.78 is 5.64. The molecule has 22 heavy (non-hydrogen) atoms. The zero-order chi connectivity index (χ0) is 15.4. The molecule has 0 radical (unpaired) electrons. The predicted octanol–water partition coefficient (Wildman–Crippen LogP) is 4.52. The summed E-state index contributed by atoms with van der Waals surface area (Å²) in [6.07, 6.45) is 3.48. The molecule has 0 saturated heterocycles. The molecule has 3 rings (SSSR count). The van der Waals surface area contributed by atoms with E-state index in [2.05, 4.69) is 0 Å². The van der Waals surface area contributed by atoms with Crippen LogP contribution < -0.4 is 4.74 Å². The van der Waals surface area contributed by atoms with Gasteiger partial charge in [0.1, 0.15) is 5.75 Å². The summed E-state index contributed by atoms with van der Waals surface area (Å²) in [5, 5.41) is 0. The Morgan fingerprint density at radius 1 is 1.14 bits per heavy atom. The summed E-state index contributed by atoms with van der Waals surface area (Å²) in [4.78, 5) is 12.4. The van der Waals surface area contributed by atoms with Crippen molar-refractivity contribution < 1.29 is 9.53 Å². The van der Waals surface area contributed by atoms with Gasteiger partial charge in [0.05, 0.1) is 6.61 Å². The van der Waals surface area contributed by atoms with E-state index in [1.54, 1.807) is 0 Å². The molecule has 0 fully saturated rings. The first kappa shape index (κ1) is 14.9. The van der Waals surface area contributed by atoms with E-state index in [1.165, 1.54) is 0 Å². The Morgan fingerprint density at radius 3 is 2.82 bits per heavy atom. The number of halogens is 1. The van der Waals surface area contributed by atoms with Gasteiger partial charge >= 0.3 is 0 Å². The van der Waals surface area contributed by atoms with Crippen molar-refractivity contribution in [1.29, 1.82) is 0 Å². The van der Waals surface area contributed by atoms with E-state index >= 15 is 0 Å². The smallest absolute Gasteiger partial charge is 0.189 e. The molecule has 1 aliphatic carbocycles. The second kappa shape index (κ2) is 6.80. The molecule has 0 atom stereocenters. The first-order chi connectivity index (χ1) is 10.8. The van der Waals surface area contributed by atoms with Gasteiger partial charge in [0.2, 0.25) is 0 Å². The Labute approximate surface area is 135 Å². The summed E-state index contributed by atoms with van der Waals surface area (Å²) in [5.74, 6) is 1.53. The highest BCUT2D eigenvalue weighted by Crippen LogP contribution is 2.28. The topological polar surface area (TPSA) is 26.3 Å². The molecule has 112 valence electrons. The average Bonchev–Trinajstić information content (AvgIpc) is 2.85. The molecule has 0 bridgehead atoms. The molecule has 0 unspecified atom stereocenters. The van der Waals surface area contributed by atoms with Gasteiger partial charge in [0.15, 0.2) is 5.78 Å². The molecule has 0 spiro atoms. The number of ether oxygens (including phenoxy) is 1. The standard InChI is InChI=1S/C19H17ClO2/c20-9-4-10-22-17-7-3-5-14(12-17)11-16-13-15-6-1-2-8-18(15)19(16)21/h1-3,5-8,11-12H,4,9-10,13H2/b16-11+. The van der Waals surface area contributed by atoms with E-state index in [0.717, 1.165) is 34.4 Å². The van der Waals surface area contributed by atoms with Crippen LogP contribution in [0.5, 0.6) is 5.75 Å². The van der Waals surface area contributed by atoms with E-state index in [4.69, 9.17) is 16.3 Å². The van der Waals surface area contributed by atoms with E-state index < -0.39 is 0 Å². The van der Waals surface area contributed by atoms with Gasteiger partial charge in [0.25, 0.3) is 0 Å². The van der Waals surface area contributed by atoms with Crippen LogP contribution >= 0.6 is 11.6 Å². The van der Waals surface area contributed by atoms with E-state index in [-0.39, 0.29) is 5.78 Å². The van der Waals surface area contributed by atoms with Crippen molar-refractivity contribution in [1.82, 2.24) is 0 Å². The van der Waals surface area contributed by atoms with E-state index in [0.29, 0.717) is 18.9 Å². The zero-order valence-corrected chi connectivity index (χ0v) is 13.0. The molecule has 0 saturated carbocycles. The van der Waals surface area contributed by atoms with Crippen LogP contribution in [0.15, 0.2) is 54.1 Å². The number of rotatable bonds is 5. The van der Waals surface area contributed by atoms with Crippen molar-refractivity contribution in [3.05, 3.63) is 70.8 Å². The van der Waals surface area contributed by atoms with Crippen LogP contribution in [0.2, 0.25) is 0 Å². The number of allylic oxidation sites excluding steroid dienone is 1. The van der Waals surface area contributed by atoms with E-state index in [9.17, 15) is 4.79 Å². The third kappa shape index (κ3) is 3.23. The summed E-state index contributed by atoms with van der Waals surface area (Å²) >= 11 is 5.65. The lowest BCUT2D eigenvalue weighted by molar-refractivity contribution is 0.104. The van der Waals surface area contributed by atoms with Gasteiger partial charge in [-0.15, -0.1) is 11.6 Å². The molecule has 0 heterocycles. The van der Waals surface area contributed by atoms with Crippen molar-refractivity contribution >= 4 is 23.5 Å². The molecule has 3 heteroatoms. The van der Waals surface area contributed by atoms with Crippen LogP contribution in [-0.4, -0.2) is 18.3 Å². The normalized spacial score (nSPS) is 15.1. The molecule has 0 aromatic heterocycles. The monoisotopic (exact) mass is 312 g/mol. The van der Waals surface area contributed by atoms with Crippen molar-refractivity contribution in [2.24, 2.45) is 0 Å². The highest BCUT2D eigenvalue weighted by Gasteiger charge is 2.23. The number of hydrogen-bond acceptors (Lipinski definition) is 2. The summed E-state index contributed by atoms with van der Waals surface area (Å²) in [6.45, 7) is 0.605. The molecule has 2 aromatic carbocycles. The largest absolute Gasteiger partial charge is 0.494 e. The molecular weight excluding hydrogens is 296 g/mol. The second-order valence-corrected chi connectivity index (χ2v) is 5.67. The van der Waals surface area contributed by atoms with Crippen LogP contribution in [0.25, 0.3) is 6.08 Å². The van der Waals surface area contributed by atoms with Gasteiger partial charge < -0.3 is 4.74 Å². The fourth-order valence-electron chi connectivity index (χ4n) is 2.61. The molecule has 2 aromatic rings. The molecule has 0 aliphatic heterocycles. The molecule has 2 nitrogen and oxygen atoms in total.